The van der Waals surface area contributed by atoms with Crippen LogP contribution in [0.15, 0.2) is 24.3 Å². The van der Waals surface area contributed by atoms with Gasteiger partial charge in [0.25, 0.3) is 0 Å². The second-order valence-electron chi connectivity index (χ2n) is 5.38. The number of nitrogens with zero attached hydrogens (tertiary/aromatic N) is 1. The minimum absolute atomic E-state index is 0.0738. The Bertz CT molecular complexity index is 465. The van der Waals surface area contributed by atoms with Crippen LogP contribution in [0.4, 0.5) is 4.79 Å². The highest BCUT2D eigenvalue weighted by Crippen LogP contribution is 2.19. The van der Waals surface area contributed by atoms with E-state index in [9.17, 15) is 9.90 Å². The minimum Gasteiger partial charge on any atom is -0.393 e. The Labute approximate surface area is 124 Å². The van der Waals surface area contributed by atoms with Gasteiger partial charge in [-0.1, -0.05) is 23.7 Å². The van der Waals surface area contributed by atoms with Crippen molar-refractivity contribution in [3.63, 3.8) is 0 Å². The van der Waals surface area contributed by atoms with Gasteiger partial charge in [-0.05, 0) is 37.5 Å². The lowest BCUT2D eigenvalue weighted by Gasteiger charge is -2.34. The van der Waals surface area contributed by atoms with Crippen LogP contribution in [0.25, 0.3) is 0 Å². The van der Waals surface area contributed by atoms with Gasteiger partial charge in [0, 0.05) is 30.6 Å². The van der Waals surface area contributed by atoms with Crippen LogP contribution in [0, 0.1) is 5.92 Å². The van der Waals surface area contributed by atoms with Crippen molar-refractivity contribution in [3.05, 3.63) is 34.9 Å². The average Bonchev–Trinajstić information content (AvgIpc) is 2.45. The molecule has 1 fully saturated rings. The van der Waals surface area contributed by atoms with E-state index in [1.807, 2.05) is 24.3 Å². The normalized spacial score (nSPS) is 20.6. The number of nitrogens with one attached hydrogen (secondary N) is 1. The van der Waals surface area contributed by atoms with Crippen molar-refractivity contribution >= 4 is 17.6 Å². The maximum atomic E-state index is 12.1. The van der Waals surface area contributed by atoms with Gasteiger partial charge in [0.05, 0.1) is 6.10 Å². The van der Waals surface area contributed by atoms with Crippen LogP contribution in [0.2, 0.25) is 5.02 Å². The number of likely N-dealkylation sites (tertiary alicyclic amines) is 1. The highest BCUT2D eigenvalue weighted by Gasteiger charge is 2.26. The number of rotatable bonds is 3. The minimum atomic E-state index is -0.362. The Balaban J connectivity index is 1.85. The molecule has 0 aromatic heterocycles. The Morgan fingerprint density at radius 3 is 3.10 bits per heavy atom. The first kappa shape index (κ1) is 15.1. The third kappa shape index (κ3) is 4.12. The maximum Gasteiger partial charge on any atom is 0.317 e. The van der Waals surface area contributed by atoms with Crippen molar-refractivity contribution in [2.24, 2.45) is 5.92 Å². The summed E-state index contributed by atoms with van der Waals surface area (Å²) in [6.45, 7) is 3.64. The lowest BCUT2D eigenvalue weighted by Crippen LogP contribution is -2.47. The van der Waals surface area contributed by atoms with Gasteiger partial charge in [-0.25, -0.2) is 4.79 Å². The van der Waals surface area contributed by atoms with Gasteiger partial charge in [-0.3, -0.25) is 0 Å². The SMILES string of the molecule is CC(O)C1CCCN(C(=O)NCc2cccc(Cl)c2)C1. The third-order valence-corrected chi connectivity index (χ3v) is 4.00. The molecule has 2 amide bonds. The van der Waals surface area contributed by atoms with Gasteiger partial charge in [0.15, 0.2) is 0 Å². The molecule has 2 unspecified atom stereocenters. The molecular weight excluding hydrogens is 276 g/mol. The highest BCUT2D eigenvalue weighted by atomic mass is 35.5. The number of hydrogen-bond donors (Lipinski definition) is 2. The number of carbonyl (C=O) groups excluding carboxylic acids is 1. The summed E-state index contributed by atoms with van der Waals surface area (Å²) in [7, 11) is 0. The van der Waals surface area contributed by atoms with Gasteiger partial charge in [-0.15, -0.1) is 0 Å². The van der Waals surface area contributed by atoms with E-state index in [1.54, 1.807) is 11.8 Å². The quantitative estimate of drug-likeness (QED) is 0.901. The molecule has 2 N–H and O–H groups in total. The zero-order valence-corrected chi connectivity index (χ0v) is 12.4. The molecule has 0 radical (unpaired) electrons. The average molecular weight is 297 g/mol. The summed E-state index contributed by atoms with van der Waals surface area (Å²) in [5.74, 6) is 0.181. The number of amides is 2. The fourth-order valence-electron chi connectivity index (χ4n) is 2.52. The predicted octanol–water partition coefficient (Wildman–Crippen LogP) is 2.64. The summed E-state index contributed by atoms with van der Waals surface area (Å²) < 4.78 is 0. The number of carbonyl (C=O) groups is 1. The van der Waals surface area contributed by atoms with Gasteiger partial charge in [0.1, 0.15) is 0 Å². The largest absolute Gasteiger partial charge is 0.393 e. The molecule has 4 nitrogen and oxygen atoms in total. The number of benzene rings is 1. The third-order valence-electron chi connectivity index (χ3n) is 3.76. The second kappa shape index (κ2) is 6.95. The Morgan fingerprint density at radius 1 is 1.60 bits per heavy atom. The summed E-state index contributed by atoms with van der Waals surface area (Å²) in [6, 6.07) is 7.38. The predicted molar refractivity (Wildman–Crippen MR) is 79.7 cm³/mol. The van der Waals surface area contributed by atoms with E-state index in [4.69, 9.17) is 11.6 Å². The lowest BCUT2D eigenvalue weighted by atomic mass is 9.94. The maximum absolute atomic E-state index is 12.1. The van der Waals surface area contributed by atoms with Crippen molar-refractivity contribution in [1.82, 2.24) is 10.2 Å². The summed E-state index contributed by atoms with van der Waals surface area (Å²) in [5, 5.41) is 13.2. The smallest absolute Gasteiger partial charge is 0.317 e. The highest BCUT2D eigenvalue weighted by molar-refractivity contribution is 6.30. The molecule has 1 aromatic carbocycles. The first-order chi connectivity index (χ1) is 9.56. The number of hydrogen-bond acceptors (Lipinski definition) is 2. The zero-order valence-electron chi connectivity index (χ0n) is 11.7. The molecule has 1 aliphatic heterocycles. The molecule has 2 atom stereocenters. The van der Waals surface area contributed by atoms with Crippen LogP contribution >= 0.6 is 11.6 Å². The molecule has 1 heterocycles. The molecular formula is C15H21ClN2O2. The van der Waals surface area contributed by atoms with Crippen LogP contribution in [-0.4, -0.2) is 35.2 Å². The number of piperidine rings is 1. The van der Waals surface area contributed by atoms with Crippen molar-refractivity contribution in [2.75, 3.05) is 13.1 Å². The Morgan fingerprint density at radius 2 is 2.40 bits per heavy atom. The van der Waals surface area contributed by atoms with Crippen LogP contribution in [0.5, 0.6) is 0 Å². The number of aliphatic hydroxyl groups is 1. The van der Waals surface area contributed by atoms with Gasteiger partial charge in [0.2, 0.25) is 0 Å². The van der Waals surface area contributed by atoms with E-state index < -0.39 is 0 Å². The zero-order chi connectivity index (χ0) is 14.5. The monoisotopic (exact) mass is 296 g/mol. The van der Waals surface area contributed by atoms with Crippen LogP contribution in [0.1, 0.15) is 25.3 Å². The van der Waals surface area contributed by atoms with Crippen LogP contribution in [0.3, 0.4) is 0 Å². The van der Waals surface area contributed by atoms with Gasteiger partial charge in [-0.2, -0.15) is 0 Å². The van der Waals surface area contributed by atoms with Crippen LogP contribution < -0.4 is 5.32 Å². The first-order valence-corrected chi connectivity index (χ1v) is 7.39. The first-order valence-electron chi connectivity index (χ1n) is 7.01. The standard InChI is InChI=1S/C15H21ClN2O2/c1-11(19)13-5-3-7-18(10-13)15(20)17-9-12-4-2-6-14(16)8-12/h2,4,6,8,11,13,19H,3,5,7,9-10H2,1H3,(H,17,20). The molecule has 0 aliphatic carbocycles. The lowest BCUT2D eigenvalue weighted by molar-refractivity contribution is 0.0738. The molecule has 1 aromatic rings. The van der Waals surface area contributed by atoms with E-state index in [2.05, 4.69) is 5.32 Å². The van der Waals surface area contributed by atoms with Crippen LogP contribution in [-0.2, 0) is 6.54 Å². The van der Waals surface area contributed by atoms with E-state index in [-0.39, 0.29) is 18.1 Å². The van der Waals surface area contributed by atoms with Crippen molar-refractivity contribution < 1.29 is 9.90 Å². The van der Waals surface area contributed by atoms with Crippen molar-refractivity contribution in [2.45, 2.75) is 32.4 Å². The summed E-state index contributed by atoms with van der Waals surface area (Å²) in [5.41, 5.74) is 0.981. The second-order valence-corrected chi connectivity index (χ2v) is 5.81. The Kier molecular flexibility index (Phi) is 5.26. The molecule has 0 saturated carbocycles. The topological polar surface area (TPSA) is 52.6 Å². The van der Waals surface area contributed by atoms with Gasteiger partial charge >= 0.3 is 6.03 Å². The molecule has 110 valence electrons. The molecule has 0 spiro atoms. The number of halogens is 1. The number of aliphatic hydroxyl groups excluding tert-OH is 1. The summed E-state index contributed by atoms with van der Waals surface area (Å²) in [6.07, 6.45) is 1.56. The van der Waals surface area contributed by atoms with E-state index in [0.717, 1.165) is 24.9 Å². The Hall–Kier alpha value is -1.26. The van der Waals surface area contributed by atoms with E-state index in [0.29, 0.717) is 18.1 Å². The van der Waals surface area contributed by atoms with E-state index >= 15 is 0 Å². The molecule has 1 aliphatic rings. The molecule has 5 heteroatoms. The molecule has 20 heavy (non-hydrogen) atoms. The number of urea groups is 1. The fourth-order valence-corrected chi connectivity index (χ4v) is 2.74. The molecule has 2 rings (SSSR count). The molecule has 0 bridgehead atoms. The summed E-state index contributed by atoms with van der Waals surface area (Å²) in [4.78, 5) is 13.9. The fraction of sp³-hybridized carbons (Fsp3) is 0.533. The van der Waals surface area contributed by atoms with Crippen molar-refractivity contribution in [1.29, 1.82) is 0 Å². The van der Waals surface area contributed by atoms with Gasteiger partial charge < -0.3 is 15.3 Å². The molecule has 1 saturated heterocycles. The van der Waals surface area contributed by atoms with Crippen molar-refractivity contribution in [3.8, 4) is 0 Å². The summed E-state index contributed by atoms with van der Waals surface area (Å²) >= 11 is 5.91. The van der Waals surface area contributed by atoms with E-state index in [1.165, 1.54) is 0 Å².